The molecule has 0 aliphatic rings. The van der Waals surface area contributed by atoms with Crippen LogP contribution in [0.5, 0.6) is 5.75 Å². The van der Waals surface area contributed by atoms with Gasteiger partial charge in [-0.1, -0.05) is 0 Å². The van der Waals surface area contributed by atoms with E-state index in [4.69, 9.17) is 0 Å². The maximum absolute atomic E-state index is 12.4. The Labute approximate surface area is 83.6 Å². The molecule has 0 amide bonds. The molecule has 1 nitrogen and oxygen atoms in total. The molecule has 0 saturated heterocycles. The first-order valence-electron chi connectivity index (χ1n) is 4.09. The van der Waals surface area contributed by atoms with Crippen LogP contribution in [-0.4, -0.2) is 5.11 Å². The molecule has 1 heterocycles. The first-order valence-corrected chi connectivity index (χ1v) is 4.91. The Morgan fingerprint density at radius 3 is 2.71 bits per heavy atom. The van der Waals surface area contributed by atoms with Crippen LogP contribution in [0.3, 0.4) is 0 Å². The predicted octanol–water partition coefficient (Wildman–Crippen LogP) is 3.85. The van der Waals surface area contributed by atoms with Gasteiger partial charge in [-0.3, -0.25) is 0 Å². The summed E-state index contributed by atoms with van der Waals surface area (Å²) < 4.78 is 25.6. The number of fused-ring (bicyclic) bond motifs is 1. The van der Waals surface area contributed by atoms with E-state index in [1.165, 1.54) is 17.4 Å². The number of thiophene rings is 1. The van der Waals surface area contributed by atoms with E-state index in [-0.39, 0.29) is 11.3 Å². The summed E-state index contributed by atoms with van der Waals surface area (Å²) in [7, 11) is 0. The highest BCUT2D eigenvalue weighted by atomic mass is 32.1. The van der Waals surface area contributed by atoms with Gasteiger partial charge in [0.05, 0.1) is 5.56 Å². The molecule has 14 heavy (non-hydrogen) atoms. The lowest BCUT2D eigenvalue weighted by Gasteiger charge is -2.03. The van der Waals surface area contributed by atoms with E-state index in [0.717, 1.165) is 9.58 Å². The number of hydrogen-bond donors (Lipinski definition) is 1. The van der Waals surface area contributed by atoms with Crippen molar-refractivity contribution in [2.24, 2.45) is 0 Å². The summed E-state index contributed by atoms with van der Waals surface area (Å²) in [6.45, 7) is 1.88. The summed E-state index contributed by atoms with van der Waals surface area (Å²) in [6.07, 6.45) is -2.63. The first-order chi connectivity index (χ1) is 6.59. The molecule has 0 radical (unpaired) electrons. The second kappa shape index (κ2) is 3.20. The third kappa shape index (κ3) is 1.35. The van der Waals surface area contributed by atoms with Crippen molar-refractivity contribution < 1.29 is 13.9 Å². The summed E-state index contributed by atoms with van der Waals surface area (Å²) in [5, 5.41) is 10.1. The van der Waals surface area contributed by atoms with Gasteiger partial charge in [0.25, 0.3) is 6.43 Å². The van der Waals surface area contributed by atoms with Crippen LogP contribution in [0.4, 0.5) is 8.78 Å². The van der Waals surface area contributed by atoms with Crippen molar-refractivity contribution in [2.75, 3.05) is 0 Å². The van der Waals surface area contributed by atoms with Gasteiger partial charge in [-0.05, 0) is 25.1 Å². The van der Waals surface area contributed by atoms with Gasteiger partial charge in [-0.25, -0.2) is 8.78 Å². The topological polar surface area (TPSA) is 20.2 Å². The Hall–Kier alpha value is -1.16. The van der Waals surface area contributed by atoms with E-state index in [2.05, 4.69) is 0 Å². The van der Waals surface area contributed by atoms with Crippen LogP contribution in [0, 0.1) is 6.92 Å². The van der Waals surface area contributed by atoms with Crippen molar-refractivity contribution in [3.8, 4) is 5.75 Å². The lowest BCUT2D eigenvalue weighted by Crippen LogP contribution is -1.84. The fraction of sp³-hybridized carbons (Fsp3) is 0.200. The summed E-state index contributed by atoms with van der Waals surface area (Å²) in [5.41, 5.74) is -0.296. The lowest BCUT2D eigenvalue weighted by molar-refractivity contribution is 0.148. The van der Waals surface area contributed by atoms with Gasteiger partial charge in [0, 0.05) is 15.0 Å². The molecule has 0 saturated carbocycles. The van der Waals surface area contributed by atoms with Crippen molar-refractivity contribution in [2.45, 2.75) is 13.3 Å². The Kier molecular flexibility index (Phi) is 2.15. The van der Waals surface area contributed by atoms with Crippen LogP contribution in [0.15, 0.2) is 18.2 Å². The van der Waals surface area contributed by atoms with Crippen molar-refractivity contribution in [3.05, 3.63) is 28.6 Å². The molecule has 0 atom stereocenters. The molecule has 0 spiro atoms. The zero-order valence-corrected chi connectivity index (χ0v) is 8.24. The monoisotopic (exact) mass is 214 g/mol. The van der Waals surface area contributed by atoms with Crippen LogP contribution >= 0.6 is 11.3 Å². The largest absolute Gasteiger partial charge is 0.507 e. The fourth-order valence-corrected chi connectivity index (χ4v) is 2.34. The number of aryl methyl sites for hydroxylation is 1. The average molecular weight is 214 g/mol. The molecular weight excluding hydrogens is 206 g/mol. The summed E-state index contributed by atoms with van der Waals surface area (Å²) in [5.74, 6) is -0.290. The Balaban J connectivity index is 2.74. The number of alkyl halides is 2. The van der Waals surface area contributed by atoms with Gasteiger partial charge in [-0.2, -0.15) is 0 Å². The molecule has 1 aromatic carbocycles. The van der Waals surface area contributed by atoms with Gasteiger partial charge >= 0.3 is 0 Å². The Morgan fingerprint density at radius 2 is 2.07 bits per heavy atom. The van der Waals surface area contributed by atoms with Gasteiger partial charge in [0.2, 0.25) is 0 Å². The highest BCUT2D eigenvalue weighted by Gasteiger charge is 2.15. The molecule has 1 aromatic heterocycles. The number of halogens is 2. The number of benzene rings is 1. The third-order valence-electron chi connectivity index (χ3n) is 2.06. The van der Waals surface area contributed by atoms with E-state index in [0.29, 0.717) is 5.39 Å². The zero-order chi connectivity index (χ0) is 10.3. The summed E-state index contributed by atoms with van der Waals surface area (Å²) >= 11 is 1.48. The molecule has 0 aliphatic heterocycles. The Bertz CT molecular complexity index is 476. The van der Waals surface area contributed by atoms with Crippen molar-refractivity contribution >= 4 is 21.4 Å². The third-order valence-corrected chi connectivity index (χ3v) is 3.08. The van der Waals surface area contributed by atoms with Gasteiger partial charge in [0.15, 0.2) is 0 Å². The zero-order valence-electron chi connectivity index (χ0n) is 7.42. The number of phenolic OH excluding ortho intramolecular Hbond substituents is 1. The van der Waals surface area contributed by atoms with Crippen LogP contribution in [0.25, 0.3) is 10.1 Å². The van der Waals surface area contributed by atoms with E-state index in [1.807, 2.05) is 6.92 Å². The smallest absolute Gasteiger partial charge is 0.267 e. The van der Waals surface area contributed by atoms with E-state index in [9.17, 15) is 13.9 Å². The number of phenols is 1. The van der Waals surface area contributed by atoms with Crippen LogP contribution in [-0.2, 0) is 0 Å². The second-order valence-electron chi connectivity index (χ2n) is 3.07. The van der Waals surface area contributed by atoms with Crippen LogP contribution in [0.2, 0.25) is 0 Å². The van der Waals surface area contributed by atoms with Crippen molar-refractivity contribution in [1.29, 1.82) is 0 Å². The highest BCUT2D eigenvalue weighted by Crippen LogP contribution is 2.38. The highest BCUT2D eigenvalue weighted by molar-refractivity contribution is 7.19. The Morgan fingerprint density at radius 1 is 1.36 bits per heavy atom. The second-order valence-corrected chi connectivity index (χ2v) is 4.36. The molecule has 74 valence electrons. The van der Waals surface area contributed by atoms with Crippen molar-refractivity contribution in [3.63, 3.8) is 0 Å². The molecule has 0 aliphatic carbocycles. The maximum atomic E-state index is 12.4. The summed E-state index contributed by atoms with van der Waals surface area (Å²) in [4.78, 5) is 1.00. The van der Waals surface area contributed by atoms with Crippen LogP contribution < -0.4 is 0 Å². The first kappa shape index (κ1) is 9.40. The number of aromatic hydroxyl groups is 1. The average Bonchev–Trinajstić information content (AvgIpc) is 2.46. The fourth-order valence-electron chi connectivity index (χ4n) is 1.42. The SMILES string of the molecule is Cc1cc2c(O)c(C(F)F)ccc2s1. The predicted molar refractivity (Wildman–Crippen MR) is 53.2 cm³/mol. The number of rotatable bonds is 1. The maximum Gasteiger partial charge on any atom is 0.267 e. The molecule has 0 unspecified atom stereocenters. The molecule has 4 heteroatoms. The van der Waals surface area contributed by atoms with E-state index >= 15 is 0 Å². The standard InChI is InChI=1S/C10H8F2OS/c1-5-4-7-8(14-5)3-2-6(9(7)13)10(11)12/h2-4,10,13H,1H3. The molecule has 0 bridgehead atoms. The molecule has 0 fully saturated rings. The molecule has 2 rings (SSSR count). The lowest BCUT2D eigenvalue weighted by atomic mass is 10.1. The molecule has 2 aromatic rings. The molecule has 1 N–H and O–H groups in total. The van der Waals surface area contributed by atoms with E-state index < -0.39 is 6.43 Å². The molecular formula is C10H8F2OS. The number of hydrogen-bond acceptors (Lipinski definition) is 2. The van der Waals surface area contributed by atoms with Crippen LogP contribution in [0.1, 0.15) is 16.9 Å². The summed E-state index contributed by atoms with van der Waals surface area (Å²) in [6, 6.07) is 4.62. The minimum atomic E-state index is -2.63. The van der Waals surface area contributed by atoms with Gasteiger partial charge < -0.3 is 5.11 Å². The minimum absolute atomic E-state index is 0.290. The van der Waals surface area contributed by atoms with E-state index in [1.54, 1.807) is 12.1 Å². The quantitative estimate of drug-likeness (QED) is 0.764. The van der Waals surface area contributed by atoms with Gasteiger partial charge in [-0.15, -0.1) is 11.3 Å². The van der Waals surface area contributed by atoms with Crippen molar-refractivity contribution in [1.82, 2.24) is 0 Å². The minimum Gasteiger partial charge on any atom is -0.507 e. The van der Waals surface area contributed by atoms with Gasteiger partial charge in [0.1, 0.15) is 5.75 Å². The normalized spacial score (nSPS) is 11.4.